The van der Waals surface area contributed by atoms with Gasteiger partial charge in [-0.3, -0.25) is 19.8 Å². The number of furan rings is 1. The maximum atomic E-state index is 13.0. The van der Waals surface area contributed by atoms with Gasteiger partial charge < -0.3 is 13.7 Å². The minimum absolute atomic E-state index is 0.0669. The topological polar surface area (TPSA) is 93.8 Å². The second-order valence-corrected chi connectivity index (χ2v) is 7.12. The molecule has 4 rings (SSSR count). The van der Waals surface area contributed by atoms with Crippen molar-refractivity contribution in [1.29, 1.82) is 0 Å². The molecule has 1 aliphatic rings. The molecule has 0 aliphatic carbocycles. The first-order chi connectivity index (χ1) is 14.9. The molecule has 31 heavy (non-hydrogen) atoms. The monoisotopic (exact) mass is 419 g/mol. The van der Waals surface area contributed by atoms with E-state index in [0.29, 0.717) is 17.1 Å². The Bertz CT molecular complexity index is 1200. The Morgan fingerprint density at radius 1 is 1.10 bits per heavy atom. The summed E-state index contributed by atoms with van der Waals surface area (Å²) in [6.07, 6.45) is 2.96. The molecule has 0 radical (unpaired) electrons. The molecular weight excluding hydrogens is 398 g/mol. The lowest BCUT2D eigenvalue weighted by molar-refractivity contribution is -0.130. The van der Waals surface area contributed by atoms with Gasteiger partial charge in [0.15, 0.2) is 0 Å². The van der Waals surface area contributed by atoms with Crippen LogP contribution in [0, 0.1) is 13.8 Å². The Labute approximate surface area is 178 Å². The average molecular weight is 419 g/mol. The molecule has 4 amide bonds. The number of ether oxygens (including phenoxy) is 1. The van der Waals surface area contributed by atoms with Gasteiger partial charge in [0.05, 0.1) is 25.6 Å². The lowest BCUT2D eigenvalue weighted by atomic mass is 10.1. The number of aromatic nitrogens is 1. The van der Waals surface area contributed by atoms with Crippen LogP contribution in [-0.4, -0.2) is 34.4 Å². The van der Waals surface area contributed by atoms with Crippen LogP contribution in [0.4, 0.5) is 4.79 Å². The largest absolute Gasteiger partial charge is 0.495 e. The van der Waals surface area contributed by atoms with Gasteiger partial charge in [-0.05, 0) is 55.8 Å². The number of carbonyl (C=O) groups is 3. The van der Waals surface area contributed by atoms with E-state index in [1.165, 1.54) is 12.3 Å². The van der Waals surface area contributed by atoms with Gasteiger partial charge in [0.2, 0.25) is 0 Å². The van der Waals surface area contributed by atoms with Crippen molar-refractivity contribution >= 4 is 23.9 Å². The number of methoxy groups -OCH3 is 1. The molecule has 0 spiro atoms. The van der Waals surface area contributed by atoms with Gasteiger partial charge in [-0.1, -0.05) is 12.1 Å². The Balaban J connectivity index is 1.73. The molecule has 2 aromatic heterocycles. The van der Waals surface area contributed by atoms with Gasteiger partial charge in [0.25, 0.3) is 11.8 Å². The number of hydrogen-bond donors (Lipinski definition) is 1. The standard InChI is InChI=1S/C23H21N3O5/c1-14-11-16(15(2)26(14)19-8-4-5-9-20(19)30-3)12-18-21(27)24-23(29)25(22(18)28)13-17-7-6-10-31-17/h4-12H,13H2,1-3H3,(H,24,27,29). The van der Waals surface area contributed by atoms with E-state index in [0.717, 1.165) is 22.0 Å². The van der Waals surface area contributed by atoms with Crippen LogP contribution < -0.4 is 10.1 Å². The molecule has 158 valence electrons. The Morgan fingerprint density at radius 3 is 2.58 bits per heavy atom. The van der Waals surface area contributed by atoms with E-state index in [9.17, 15) is 14.4 Å². The number of aryl methyl sites for hydroxylation is 1. The fraction of sp³-hybridized carbons (Fsp3) is 0.174. The highest BCUT2D eigenvalue weighted by Crippen LogP contribution is 2.29. The predicted octanol–water partition coefficient (Wildman–Crippen LogP) is 3.36. The van der Waals surface area contributed by atoms with Crippen molar-refractivity contribution in [2.45, 2.75) is 20.4 Å². The molecule has 8 heteroatoms. The van der Waals surface area contributed by atoms with Crippen molar-refractivity contribution in [3.63, 3.8) is 0 Å². The van der Waals surface area contributed by atoms with Crippen LogP contribution in [0.25, 0.3) is 11.8 Å². The summed E-state index contributed by atoms with van der Waals surface area (Å²) in [4.78, 5) is 38.6. The number of hydrogen-bond acceptors (Lipinski definition) is 5. The minimum Gasteiger partial charge on any atom is -0.495 e. The molecule has 8 nitrogen and oxygen atoms in total. The fourth-order valence-electron chi connectivity index (χ4n) is 3.67. The van der Waals surface area contributed by atoms with Crippen molar-refractivity contribution in [2.75, 3.05) is 7.11 Å². The minimum atomic E-state index is -0.775. The molecule has 1 aromatic carbocycles. The molecule has 0 saturated carbocycles. The summed E-state index contributed by atoms with van der Waals surface area (Å²) in [6, 6.07) is 12.0. The zero-order chi connectivity index (χ0) is 22.1. The van der Waals surface area contributed by atoms with Gasteiger partial charge in [0, 0.05) is 11.4 Å². The van der Waals surface area contributed by atoms with Crippen molar-refractivity contribution in [2.24, 2.45) is 0 Å². The highest BCUT2D eigenvalue weighted by Gasteiger charge is 2.36. The van der Waals surface area contributed by atoms with Crippen molar-refractivity contribution in [3.05, 3.63) is 77.0 Å². The zero-order valence-corrected chi connectivity index (χ0v) is 17.3. The second kappa shape index (κ2) is 7.98. The van der Waals surface area contributed by atoms with Gasteiger partial charge in [-0.2, -0.15) is 0 Å². The summed E-state index contributed by atoms with van der Waals surface area (Å²) < 4.78 is 12.7. The summed E-state index contributed by atoms with van der Waals surface area (Å²) in [6.45, 7) is 3.75. The van der Waals surface area contributed by atoms with Gasteiger partial charge in [0.1, 0.15) is 17.1 Å². The van der Waals surface area contributed by atoms with Gasteiger partial charge in [-0.25, -0.2) is 4.79 Å². The first-order valence-electron chi connectivity index (χ1n) is 9.64. The van der Waals surface area contributed by atoms with Crippen LogP contribution in [0.2, 0.25) is 0 Å². The van der Waals surface area contributed by atoms with Crippen molar-refractivity contribution in [3.8, 4) is 11.4 Å². The van der Waals surface area contributed by atoms with E-state index in [1.54, 1.807) is 19.2 Å². The van der Waals surface area contributed by atoms with Crippen LogP contribution in [-0.2, 0) is 16.1 Å². The predicted molar refractivity (Wildman–Crippen MR) is 113 cm³/mol. The smallest absolute Gasteiger partial charge is 0.331 e. The average Bonchev–Trinajstić information content (AvgIpc) is 3.36. The normalized spacial score (nSPS) is 15.5. The van der Waals surface area contributed by atoms with Crippen molar-refractivity contribution in [1.82, 2.24) is 14.8 Å². The quantitative estimate of drug-likeness (QED) is 0.506. The summed E-state index contributed by atoms with van der Waals surface area (Å²) in [5.41, 5.74) is 3.14. The molecule has 0 unspecified atom stereocenters. The van der Waals surface area contributed by atoms with Crippen LogP contribution in [0.15, 0.2) is 58.7 Å². The molecule has 3 heterocycles. The van der Waals surface area contributed by atoms with Crippen LogP contribution >= 0.6 is 0 Å². The van der Waals surface area contributed by atoms with E-state index in [-0.39, 0.29) is 12.1 Å². The van der Waals surface area contributed by atoms with E-state index >= 15 is 0 Å². The van der Waals surface area contributed by atoms with E-state index in [4.69, 9.17) is 9.15 Å². The Kier molecular flexibility index (Phi) is 5.21. The fourth-order valence-corrected chi connectivity index (χ4v) is 3.67. The Hall–Kier alpha value is -4.07. The number of urea groups is 1. The number of rotatable bonds is 5. The van der Waals surface area contributed by atoms with Gasteiger partial charge in [-0.15, -0.1) is 0 Å². The van der Waals surface area contributed by atoms with E-state index < -0.39 is 17.8 Å². The third kappa shape index (κ3) is 3.63. The number of amides is 4. The van der Waals surface area contributed by atoms with E-state index in [1.807, 2.05) is 48.7 Å². The third-order valence-corrected chi connectivity index (χ3v) is 5.18. The number of nitrogens with one attached hydrogen (secondary N) is 1. The third-order valence-electron chi connectivity index (χ3n) is 5.18. The summed E-state index contributed by atoms with van der Waals surface area (Å²) >= 11 is 0. The maximum Gasteiger partial charge on any atom is 0.331 e. The number of benzene rings is 1. The molecule has 3 aromatic rings. The van der Waals surface area contributed by atoms with Crippen LogP contribution in [0.5, 0.6) is 5.75 Å². The molecule has 1 saturated heterocycles. The lowest BCUT2D eigenvalue weighted by Crippen LogP contribution is -2.53. The zero-order valence-electron chi connectivity index (χ0n) is 17.3. The highest BCUT2D eigenvalue weighted by molar-refractivity contribution is 6.31. The van der Waals surface area contributed by atoms with Gasteiger partial charge >= 0.3 is 6.03 Å². The molecule has 1 aliphatic heterocycles. The van der Waals surface area contributed by atoms with Crippen LogP contribution in [0.1, 0.15) is 22.7 Å². The summed E-state index contributed by atoms with van der Waals surface area (Å²) in [7, 11) is 1.60. The maximum absolute atomic E-state index is 13.0. The lowest BCUT2D eigenvalue weighted by Gasteiger charge is -2.25. The number of para-hydroxylation sites is 2. The molecule has 1 fully saturated rings. The molecule has 0 bridgehead atoms. The number of imide groups is 2. The number of nitrogens with zero attached hydrogens (tertiary/aromatic N) is 2. The summed E-state index contributed by atoms with van der Waals surface area (Å²) in [5, 5.41) is 2.22. The molecular formula is C23H21N3O5. The number of barbiturate groups is 1. The van der Waals surface area contributed by atoms with Crippen molar-refractivity contribution < 1.29 is 23.5 Å². The first kappa shape index (κ1) is 20.2. The molecule has 1 N–H and O–H groups in total. The van der Waals surface area contributed by atoms with Crippen LogP contribution in [0.3, 0.4) is 0 Å². The highest BCUT2D eigenvalue weighted by atomic mass is 16.5. The SMILES string of the molecule is COc1ccccc1-n1c(C)cc(C=C2C(=O)NC(=O)N(Cc3ccco3)C2=O)c1C. The van der Waals surface area contributed by atoms with E-state index in [2.05, 4.69) is 5.32 Å². The first-order valence-corrected chi connectivity index (χ1v) is 9.64. The second-order valence-electron chi connectivity index (χ2n) is 7.12. The Morgan fingerprint density at radius 2 is 1.87 bits per heavy atom. The number of carbonyl (C=O) groups excluding carboxylic acids is 3. The molecule has 0 atom stereocenters. The summed E-state index contributed by atoms with van der Waals surface area (Å²) in [5.74, 6) is -0.267.